The van der Waals surface area contributed by atoms with E-state index >= 15 is 8.78 Å². The number of carbonyl (C=O) groups excluding carboxylic acids is 5. The molecule has 1 saturated carbocycles. The fraction of sp³-hybridized carbons (Fsp3) is 0.667. The summed E-state index contributed by atoms with van der Waals surface area (Å²) in [7, 11) is 1.72. The summed E-state index contributed by atoms with van der Waals surface area (Å²) in [4.78, 5) is 91.4. The monoisotopic (exact) mass is 1160 g/mol. The Morgan fingerprint density at radius 1 is 0.810 bits per heavy atom. The van der Waals surface area contributed by atoms with Crippen molar-refractivity contribution in [2.45, 2.75) is 147 Å². The van der Waals surface area contributed by atoms with Crippen LogP contribution in [0, 0.1) is 34.8 Å². The number of nitrogens with zero attached hydrogens (tertiary/aromatic N) is 8. The van der Waals surface area contributed by atoms with Gasteiger partial charge in [0.2, 0.25) is 29.5 Å². The summed E-state index contributed by atoms with van der Waals surface area (Å²) in [6, 6.07) is 10.1. The minimum absolute atomic E-state index is 0.0313. The third-order valence-electron chi connectivity index (χ3n) is 20.2. The van der Waals surface area contributed by atoms with Crippen molar-refractivity contribution < 1.29 is 32.8 Å². The molecule has 3 aromatic rings. The highest BCUT2D eigenvalue weighted by Crippen LogP contribution is 2.37. The van der Waals surface area contributed by atoms with Crippen LogP contribution in [0.25, 0.3) is 0 Å². The molecule has 8 aliphatic rings. The van der Waals surface area contributed by atoms with Crippen molar-refractivity contribution in [2.24, 2.45) is 23.2 Å². The molecule has 456 valence electrons. The zero-order chi connectivity index (χ0) is 58.7. The number of benzene rings is 2. The molecule has 7 heterocycles. The van der Waals surface area contributed by atoms with Crippen molar-refractivity contribution in [2.75, 3.05) is 114 Å². The van der Waals surface area contributed by atoms with Gasteiger partial charge in [-0.2, -0.15) is 0 Å². The van der Waals surface area contributed by atoms with Gasteiger partial charge in [-0.1, -0.05) is 57.4 Å². The summed E-state index contributed by atoms with van der Waals surface area (Å²) in [6.45, 7) is 15.4. The van der Waals surface area contributed by atoms with Crippen LogP contribution in [0.15, 0.2) is 48.8 Å². The Labute approximate surface area is 494 Å². The number of hydrogen-bond donors (Lipinski definition) is 6. The number of likely N-dealkylation sites (tertiary alicyclic amines) is 4. The van der Waals surface area contributed by atoms with Crippen molar-refractivity contribution >= 4 is 46.9 Å². The van der Waals surface area contributed by atoms with E-state index in [4.69, 9.17) is 0 Å². The van der Waals surface area contributed by atoms with E-state index in [1.54, 1.807) is 30.1 Å². The fourth-order valence-corrected chi connectivity index (χ4v) is 15.1. The molecule has 11 rings (SSSR count). The van der Waals surface area contributed by atoms with Gasteiger partial charge >= 0.3 is 0 Å². The Kier molecular flexibility index (Phi) is 18.4. The molecule has 6 saturated heterocycles. The Balaban J connectivity index is 0.638. The molecule has 7 atom stereocenters. The molecular weight excluding hydrogens is 1070 g/mol. The topological polar surface area (TPSA) is 203 Å². The van der Waals surface area contributed by atoms with E-state index < -0.39 is 41.3 Å². The standard InChI is InChI=1S/C63H90F2N14O5/c1-41(66-4)59(82)72-58(43-12-6-5-7-13-43)61(84)79-36-47(28-53(79)60(83)71-51-16-10-14-42-11-8-9-15-48(42)51)70-56(80)37-76-34-45-32-75(33-46(45)35-76)26-21-67-54-30-55(69-40-68-54)77-24-19-63(20-25-77)39-78(38-57(81)73-63)52-29-49(64)44(27-50(52)65)31-74-22-17-62(2,3)18-23-74/h8-9,11,15,27,29-30,40-41,43,45-47,51,53,58,66H,5-7,10,12-14,16-26,28,31-39H2,1-4H3,(H,70,80)(H,71,83)(H,72,82)(H,73,81)(H,67,68,69)/t41-,45-,46+,47?,51-,53-,58-/m0/s1. The molecule has 1 unspecified atom stereocenters. The predicted molar refractivity (Wildman–Crippen MR) is 319 cm³/mol. The SMILES string of the molecule is CN[C@@H](C)C(=O)N[C@H](C(=O)N1CC(NC(=O)CN2C[C@H]3CN(CCNc4cc(N5CCC6(CC5)CN(c5cc(F)c(CN7CCC(C)(C)CC7)cc5F)CC(=O)N6)ncn4)C[C@H]3C2)C[C@H]1C(=O)N[C@H]1CCCc2ccccc21)C1CCCCC1. The highest BCUT2D eigenvalue weighted by Gasteiger charge is 2.47. The molecule has 1 aromatic heterocycles. The smallest absolute Gasteiger partial charge is 0.246 e. The van der Waals surface area contributed by atoms with Gasteiger partial charge in [0.1, 0.15) is 41.7 Å². The molecule has 0 bridgehead atoms. The average Bonchev–Trinajstić information content (AvgIpc) is 4.20. The van der Waals surface area contributed by atoms with Crippen LogP contribution in [0.5, 0.6) is 0 Å². The Bertz CT molecular complexity index is 2840. The number of aryl methyl sites for hydroxylation is 1. The molecule has 2 aliphatic carbocycles. The Morgan fingerprint density at radius 2 is 1.55 bits per heavy atom. The maximum absolute atomic E-state index is 15.8. The summed E-state index contributed by atoms with van der Waals surface area (Å²) in [5.41, 5.74) is 2.50. The molecule has 2 aromatic carbocycles. The van der Waals surface area contributed by atoms with E-state index in [-0.39, 0.29) is 72.2 Å². The molecular formula is C63H90F2N14O5. The number of anilines is 3. The molecule has 19 nitrogen and oxygen atoms in total. The average molecular weight is 1160 g/mol. The molecule has 0 radical (unpaired) electrons. The summed E-state index contributed by atoms with van der Waals surface area (Å²) in [5, 5.41) is 19.4. The van der Waals surface area contributed by atoms with E-state index in [9.17, 15) is 24.0 Å². The first-order valence-electron chi connectivity index (χ1n) is 31.4. The van der Waals surface area contributed by atoms with Crippen molar-refractivity contribution in [1.82, 2.24) is 56.2 Å². The Morgan fingerprint density at radius 3 is 2.30 bits per heavy atom. The minimum atomic E-state index is -0.795. The van der Waals surface area contributed by atoms with Gasteiger partial charge in [0.25, 0.3) is 0 Å². The van der Waals surface area contributed by atoms with Crippen LogP contribution in [-0.2, 0) is 36.9 Å². The number of fused-ring (bicyclic) bond motifs is 2. The van der Waals surface area contributed by atoms with Crippen LogP contribution in [0.3, 0.4) is 0 Å². The maximum Gasteiger partial charge on any atom is 0.246 e. The number of hydrogen-bond acceptors (Lipinski definition) is 14. The van der Waals surface area contributed by atoms with Crippen LogP contribution < -0.4 is 41.7 Å². The van der Waals surface area contributed by atoms with Crippen molar-refractivity contribution in [1.29, 1.82) is 0 Å². The number of piperidine rings is 2. The van der Waals surface area contributed by atoms with Gasteiger partial charge in [-0.25, -0.2) is 18.7 Å². The van der Waals surface area contributed by atoms with Crippen LogP contribution in [0.4, 0.5) is 26.1 Å². The van der Waals surface area contributed by atoms with Gasteiger partial charge in [0.15, 0.2) is 0 Å². The van der Waals surface area contributed by atoms with E-state index in [1.165, 1.54) is 17.7 Å². The molecule has 6 aliphatic heterocycles. The normalized spacial score (nSPS) is 26.3. The van der Waals surface area contributed by atoms with Crippen LogP contribution in [0.1, 0.15) is 121 Å². The highest BCUT2D eigenvalue weighted by atomic mass is 19.1. The molecule has 21 heteroatoms. The zero-order valence-electron chi connectivity index (χ0n) is 49.9. The third kappa shape index (κ3) is 13.9. The van der Waals surface area contributed by atoms with Gasteiger partial charge in [-0.3, -0.25) is 33.8 Å². The first-order valence-corrected chi connectivity index (χ1v) is 31.4. The van der Waals surface area contributed by atoms with E-state index in [0.29, 0.717) is 69.4 Å². The maximum atomic E-state index is 15.8. The first-order chi connectivity index (χ1) is 40.5. The molecule has 6 N–H and O–H groups in total. The van der Waals surface area contributed by atoms with Gasteiger partial charge in [0, 0.05) is 95.7 Å². The lowest BCUT2D eigenvalue weighted by Gasteiger charge is -2.48. The number of piperazine rings is 1. The van der Waals surface area contributed by atoms with Gasteiger partial charge in [-0.05, 0) is 132 Å². The van der Waals surface area contributed by atoms with E-state index in [1.807, 2.05) is 18.2 Å². The van der Waals surface area contributed by atoms with E-state index in [0.717, 1.165) is 127 Å². The highest BCUT2D eigenvalue weighted by molar-refractivity contribution is 5.94. The number of likely N-dealkylation sites (N-methyl/N-ethyl adjacent to an activating group) is 1. The second kappa shape index (κ2) is 25.9. The molecule has 84 heavy (non-hydrogen) atoms. The molecule has 1 spiro atoms. The second-order valence-corrected chi connectivity index (χ2v) is 26.7. The molecule has 5 amide bonds. The van der Waals surface area contributed by atoms with Gasteiger partial charge < -0.3 is 51.5 Å². The summed E-state index contributed by atoms with van der Waals surface area (Å²) >= 11 is 0. The second-order valence-electron chi connectivity index (χ2n) is 26.7. The third-order valence-corrected chi connectivity index (χ3v) is 20.2. The predicted octanol–water partition coefficient (Wildman–Crippen LogP) is 4.58. The zero-order valence-corrected chi connectivity index (χ0v) is 49.9. The fourth-order valence-electron chi connectivity index (χ4n) is 15.1. The van der Waals surface area contributed by atoms with E-state index in [2.05, 4.69) is 87.4 Å². The number of halogens is 2. The van der Waals surface area contributed by atoms with Crippen molar-refractivity contribution in [3.8, 4) is 0 Å². The van der Waals surface area contributed by atoms with Crippen molar-refractivity contribution in [3.05, 3.63) is 77.1 Å². The largest absolute Gasteiger partial charge is 0.369 e. The minimum Gasteiger partial charge on any atom is -0.369 e. The summed E-state index contributed by atoms with van der Waals surface area (Å²) in [5.74, 6) is 0.361. The first kappa shape index (κ1) is 59.7. The Hall–Kier alpha value is -6.03. The van der Waals surface area contributed by atoms with Crippen LogP contribution in [0.2, 0.25) is 0 Å². The molecule has 7 fully saturated rings. The lowest BCUT2D eigenvalue weighted by Crippen LogP contribution is -2.66. The van der Waals surface area contributed by atoms with Crippen molar-refractivity contribution in [3.63, 3.8) is 0 Å². The van der Waals surface area contributed by atoms with Crippen LogP contribution >= 0.6 is 0 Å². The number of carbonyl (C=O) groups is 5. The number of amides is 5. The van der Waals surface area contributed by atoms with Crippen LogP contribution in [-0.4, -0.2) is 187 Å². The number of aromatic nitrogens is 2. The summed E-state index contributed by atoms with van der Waals surface area (Å²) < 4.78 is 31.4. The lowest BCUT2D eigenvalue weighted by atomic mass is 9.82. The lowest BCUT2D eigenvalue weighted by molar-refractivity contribution is -0.143. The summed E-state index contributed by atoms with van der Waals surface area (Å²) in [6.07, 6.45) is 12.6. The van der Waals surface area contributed by atoms with Gasteiger partial charge in [-0.15, -0.1) is 0 Å². The number of nitrogens with one attached hydrogen (secondary N) is 6. The number of rotatable bonds is 18. The van der Waals surface area contributed by atoms with Gasteiger partial charge in [0.05, 0.1) is 36.4 Å². The quantitative estimate of drug-likeness (QED) is 0.103.